The summed E-state index contributed by atoms with van der Waals surface area (Å²) in [4.78, 5) is 10.2. The molecule has 0 amide bonds. The van der Waals surface area contributed by atoms with Gasteiger partial charge in [0.05, 0.1) is 14.1 Å². The molecule has 0 bridgehead atoms. The molecule has 2 N–H and O–H groups in total. The molecule has 0 saturated carbocycles. The monoisotopic (exact) mass is 309 g/mol. The van der Waals surface area contributed by atoms with E-state index in [-0.39, 0.29) is 6.19 Å². The summed E-state index contributed by atoms with van der Waals surface area (Å²) in [6.07, 6.45) is 3.39. The molecular weight excluding hydrogens is 288 g/mol. The number of fused-ring (bicyclic) bond motifs is 3. The van der Waals surface area contributed by atoms with Crippen molar-refractivity contribution in [2.45, 2.75) is 25.3 Å². The number of aryl methyl sites for hydroxylation is 1. The number of aromatic nitrogens is 1. The van der Waals surface area contributed by atoms with Gasteiger partial charge in [-0.2, -0.15) is 0 Å². The number of hydrogen-bond donors (Lipinski definition) is 2. The van der Waals surface area contributed by atoms with Gasteiger partial charge in [0, 0.05) is 22.6 Å². The van der Waals surface area contributed by atoms with Gasteiger partial charge in [0.1, 0.15) is 19.1 Å². The molecule has 5 nitrogen and oxygen atoms in total. The zero-order chi connectivity index (χ0) is 16.1. The topological polar surface area (TPSA) is 52.7 Å². The van der Waals surface area contributed by atoms with Crippen LogP contribution >= 0.6 is 0 Å². The first-order valence-corrected chi connectivity index (χ1v) is 8.29. The van der Waals surface area contributed by atoms with Crippen LogP contribution in [-0.2, 0) is 17.6 Å². The van der Waals surface area contributed by atoms with Crippen LogP contribution in [0.5, 0.6) is 0 Å². The van der Waals surface area contributed by atoms with Gasteiger partial charge in [0.25, 0.3) is 0 Å². The first kappa shape index (κ1) is 12.0. The Morgan fingerprint density at radius 3 is 3.30 bits per heavy atom. The van der Waals surface area contributed by atoms with E-state index in [1.165, 1.54) is 22.2 Å². The van der Waals surface area contributed by atoms with Crippen molar-refractivity contribution in [2.24, 2.45) is 4.99 Å². The molecule has 118 valence electrons. The minimum absolute atomic E-state index is 0.261. The molecule has 0 unspecified atom stereocenters. The summed E-state index contributed by atoms with van der Waals surface area (Å²) in [5.41, 5.74) is 4.03. The molecule has 23 heavy (non-hydrogen) atoms. The Morgan fingerprint density at radius 2 is 2.30 bits per heavy atom. The van der Waals surface area contributed by atoms with Gasteiger partial charge in [-0.05, 0) is 30.9 Å². The second-order valence-electron chi connectivity index (χ2n) is 6.36. The van der Waals surface area contributed by atoms with Crippen molar-refractivity contribution in [2.75, 3.05) is 19.8 Å². The Labute approximate surface area is 136 Å². The number of benzene rings is 1. The lowest BCUT2D eigenvalue weighted by Gasteiger charge is -2.40. The molecule has 1 aromatic carbocycles. The molecule has 2 aromatic rings. The average Bonchev–Trinajstić information content (AvgIpc) is 3.00. The van der Waals surface area contributed by atoms with Gasteiger partial charge in [-0.15, -0.1) is 0 Å². The Bertz CT molecular complexity index is 869. The predicted octanol–water partition coefficient (Wildman–Crippen LogP) is 2.16. The zero-order valence-corrected chi connectivity index (χ0v) is 12.9. The fourth-order valence-corrected chi connectivity index (χ4v) is 3.96. The normalized spacial score (nSPS) is 24.3. The molecule has 5 rings (SSSR count). The van der Waals surface area contributed by atoms with Crippen LogP contribution in [0.4, 0.5) is 0 Å². The van der Waals surface area contributed by atoms with Crippen LogP contribution in [0.3, 0.4) is 0 Å². The third-order valence-corrected chi connectivity index (χ3v) is 5.06. The highest BCUT2D eigenvalue weighted by Crippen LogP contribution is 2.32. The number of nitrogens with one attached hydrogen (secondary N) is 2. The molecule has 0 saturated heterocycles. The van der Waals surface area contributed by atoms with Crippen LogP contribution in [-0.4, -0.2) is 41.9 Å². The first-order valence-electron chi connectivity index (χ1n) is 8.79. The molecule has 3 aliphatic rings. The van der Waals surface area contributed by atoms with Crippen molar-refractivity contribution in [3.63, 3.8) is 0 Å². The van der Waals surface area contributed by atoms with E-state index in [0.717, 1.165) is 31.6 Å². The molecule has 0 fully saturated rings. The lowest BCUT2D eigenvalue weighted by Crippen LogP contribution is -2.47. The van der Waals surface area contributed by atoms with Crippen molar-refractivity contribution in [3.05, 3.63) is 47.1 Å². The Morgan fingerprint density at radius 1 is 1.35 bits per heavy atom. The molecule has 3 heterocycles. The van der Waals surface area contributed by atoms with E-state index >= 15 is 0 Å². The SMILES string of the molecule is [2H]C1=NCN([C@@H]2CCc3[nH]c4ccccc4c3C2)C2=C1OCCN2. The quantitative estimate of drug-likeness (QED) is 0.849. The van der Waals surface area contributed by atoms with Gasteiger partial charge in [-0.25, -0.2) is 0 Å². The van der Waals surface area contributed by atoms with E-state index in [1.54, 1.807) is 0 Å². The number of nitrogens with zero attached hydrogens (tertiary/aromatic N) is 2. The number of hydrogen-bond acceptors (Lipinski definition) is 4. The average molecular weight is 309 g/mol. The number of ether oxygens (including phenoxy) is 1. The van der Waals surface area contributed by atoms with Crippen LogP contribution in [0.2, 0.25) is 0 Å². The summed E-state index contributed by atoms with van der Waals surface area (Å²) >= 11 is 0. The van der Waals surface area contributed by atoms with E-state index in [4.69, 9.17) is 6.11 Å². The first-order chi connectivity index (χ1) is 11.8. The summed E-state index contributed by atoms with van der Waals surface area (Å²) in [6, 6.07) is 8.92. The van der Waals surface area contributed by atoms with Gasteiger partial charge in [-0.1, -0.05) is 18.2 Å². The molecular formula is C18H20N4O. The van der Waals surface area contributed by atoms with Gasteiger partial charge < -0.3 is 19.9 Å². The van der Waals surface area contributed by atoms with E-state index in [1.807, 2.05) is 0 Å². The van der Waals surface area contributed by atoms with Crippen molar-refractivity contribution in [3.8, 4) is 0 Å². The smallest absolute Gasteiger partial charge is 0.177 e. The number of para-hydroxylation sites is 1. The Balaban J connectivity index is 1.50. The van der Waals surface area contributed by atoms with Gasteiger partial charge in [-0.3, -0.25) is 4.99 Å². The van der Waals surface area contributed by atoms with Crippen molar-refractivity contribution in [1.29, 1.82) is 0 Å². The summed E-state index contributed by atoms with van der Waals surface area (Å²) in [6.45, 7) is 1.92. The van der Waals surface area contributed by atoms with Crippen molar-refractivity contribution >= 4 is 17.1 Å². The summed E-state index contributed by atoms with van der Waals surface area (Å²) in [5, 5.41) is 4.76. The van der Waals surface area contributed by atoms with Crippen LogP contribution in [0.1, 0.15) is 19.0 Å². The van der Waals surface area contributed by atoms with Gasteiger partial charge in [0.15, 0.2) is 5.76 Å². The number of H-pyrrole nitrogens is 1. The van der Waals surface area contributed by atoms with E-state index < -0.39 is 0 Å². The van der Waals surface area contributed by atoms with Crippen molar-refractivity contribution < 1.29 is 6.11 Å². The zero-order valence-electron chi connectivity index (χ0n) is 13.9. The van der Waals surface area contributed by atoms with Gasteiger partial charge in [0.2, 0.25) is 0 Å². The molecule has 2 aliphatic heterocycles. The summed E-state index contributed by atoms with van der Waals surface area (Å²) in [5.74, 6) is 1.56. The van der Waals surface area contributed by atoms with Crippen LogP contribution in [0.15, 0.2) is 40.8 Å². The molecule has 0 spiro atoms. The molecule has 5 heteroatoms. The summed E-state index contributed by atoms with van der Waals surface area (Å²) < 4.78 is 13.7. The fourth-order valence-electron chi connectivity index (χ4n) is 3.96. The molecule has 0 radical (unpaired) electrons. The second kappa shape index (κ2) is 5.05. The number of aliphatic imine (C=N–C) groups is 1. The summed E-state index contributed by atoms with van der Waals surface area (Å²) in [7, 11) is 0. The lowest BCUT2D eigenvalue weighted by molar-refractivity contribution is 0.146. The number of allylic oxidation sites excluding steroid dienone is 1. The largest absolute Gasteiger partial charge is 0.486 e. The van der Waals surface area contributed by atoms with E-state index in [2.05, 4.69) is 44.5 Å². The maximum atomic E-state index is 8.00. The standard InChI is InChI=1S/C18H20N4O/c1-2-4-15-13(3-1)14-9-12(5-6-16(14)21-15)22-11-19-10-17-18(22)20-7-8-23-17/h1-4,10,12,20-21H,5-9,11H2/t12-/m1/s1/i10D. The maximum absolute atomic E-state index is 8.00. The van der Waals surface area contributed by atoms with Gasteiger partial charge >= 0.3 is 0 Å². The third kappa shape index (κ3) is 2.03. The Kier molecular flexibility index (Phi) is 2.64. The predicted molar refractivity (Wildman–Crippen MR) is 90.3 cm³/mol. The molecule has 1 aliphatic carbocycles. The minimum atomic E-state index is 0.261. The van der Waals surface area contributed by atoms with Crippen molar-refractivity contribution in [1.82, 2.24) is 15.2 Å². The third-order valence-electron chi connectivity index (χ3n) is 5.06. The van der Waals surface area contributed by atoms with Crippen LogP contribution in [0.25, 0.3) is 10.9 Å². The molecule has 1 atom stereocenters. The highest BCUT2D eigenvalue weighted by Gasteiger charge is 2.31. The van der Waals surface area contributed by atoms with Crippen LogP contribution < -0.4 is 5.32 Å². The highest BCUT2D eigenvalue weighted by molar-refractivity contribution is 5.85. The number of rotatable bonds is 1. The highest BCUT2D eigenvalue weighted by atomic mass is 16.5. The minimum Gasteiger partial charge on any atom is -0.486 e. The molecule has 1 aromatic heterocycles. The van der Waals surface area contributed by atoms with E-state index in [9.17, 15) is 0 Å². The Hall–Kier alpha value is -2.43. The fraction of sp³-hybridized carbons (Fsp3) is 0.389. The lowest BCUT2D eigenvalue weighted by atomic mass is 9.90. The van der Waals surface area contributed by atoms with Crippen LogP contribution in [0, 0.1) is 0 Å². The van der Waals surface area contributed by atoms with E-state index in [0.29, 0.717) is 25.1 Å². The second-order valence-corrected chi connectivity index (χ2v) is 6.36. The maximum Gasteiger partial charge on any atom is 0.177 e. The number of aromatic amines is 1.